The van der Waals surface area contributed by atoms with E-state index in [9.17, 15) is 4.79 Å². The summed E-state index contributed by atoms with van der Waals surface area (Å²) in [6, 6.07) is 14.3. The summed E-state index contributed by atoms with van der Waals surface area (Å²) in [5.41, 5.74) is 2.81. The fourth-order valence-corrected chi connectivity index (χ4v) is 3.35. The van der Waals surface area contributed by atoms with Crippen LogP contribution in [0.15, 0.2) is 65.3 Å². The van der Waals surface area contributed by atoms with E-state index in [0.29, 0.717) is 33.6 Å². The van der Waals surface area contributed by atoms with E-state index < -0.39 is 0 Å². The molecule has 0 spiro atoms. The Bertz CT molecular complexity index is 1170. The van der Waals surface area contributed by atoms with Crippen LogP contribution in [0.3, 0.4) is 0 Å². The maximum Gasteiger partial charge on any atom is 0.269 e. The molecule has 3 heterocycles. The van der Waals surface area contributed by atoms with Crippen molar-refractivity contribution in [2.75, 3.05) is 0 Å². The number of hydrogen-bond acceptors (Lipinski definition) is 4. The van der Waals surface area contributed by atoms with E-state index in [1.807, 2.05) is 37.3 Å². The van der Waals surface area contributed by atoms with Crippen molar-refractivity contribution in [2.45, 2.75) is 19.4 Å². The third kappa shape index (κ3) is 4.56. The highest BCUT2D eigenvalue weighted by molar-refractivity contribution is 6.42. The molecule has 0 fully saturated rings. The van der Waals surface area contributed by atoms with Gasteiger partial charge in [-0.15, -0.1) is 0 Å². The minimum atomic E-state index is -0.230. The molecule has 30 heavy (non-hydrogen) atoms. The lowest BCUT2D eigenvalue weighted by molar-refractivity contribution is 0.0934. The van der Waals surface area contributed by atoms with E-state index in [2.05, 4.69) is 20.5 Å². The molecule has 0 radical (unpaired) electrons. The van der Waals surface area contributed by atoms with E-state index in [0.717, 1.165) is 16.9 Å². The number of H-pyrrole nitrogens is 1. The van der Waals surface area contributed by atoms with Crippen LogP contribution in [0.4, 0.5) is 0 Å². The number of furan rings is 1. The number of rotatable bonds is 6. The van der Waals surface area contributed by atoms with Crippen molar-refractivity contribution in [3.63, 3.8) is 0 Å². The molecule has 0 aliphatic rings. The molecule has 8 heteroatoms. The topological polar surface area (TPSA) is 83.8 Å². The predicted molar refractivity (Wildman–Crippen MR) is 117 cm³/mol. The van der Waals surface area contributed by atoms with E-state index in [-0.39, 0.29) is 11.9 Å². The predicted octanol–water partition coefficient (Wildman–Crippen LogP) is 5.40. The van der Waals surface area contributed by atoms with Gasteiger partial charge in [0.1, 0.15) is 17.2 Å². The zero-order chi connectivity index (χ0) is 21.1. The Kier molecular flexibility index (Phi) is 5.88. The number of aromatic amines is 1. The van der Waals surface area contributed by atoms with Crippen molar-refractivity contribution in [1.82, 2.24) is 20.5 Å². The molecule has 1 amide bonds. The Balaban J connectivity index is 1.38. The summed E-state index contributed by atoms with van der Waals surface area (Å²) >= 11 is 12.0. The molecule has 3 aromatic heterocycles. The van der Waals surface area contributed by atoms with Crippen LogP contribution < -0.4 is 5.32 Å². The Morgan fingerprint density at radius 1 is 1.07 bits per heavy atom. The first-order chi connectivity index (χ1) is 14.5. The van der Waals surface area contributed by atoms with Crippen LogP contribution >= 0.6 is 23.2 Å². The zero-order valence-electron chi connectivity index (χ0n) is 16.0. The molecule has 0 aliphatic heterocycles. The van der Waals surface area contributed by atoms with Gasteiger partial charge in [0.2, 0.25) is 0 Å². The lowest BCUT2D eigenvalue weighted by Gasteiger charge is -2.11. The lowest BCUT2D eigenvalue weighted by Crippen LogP contribution is -2.34. The first-order valence-corrected chi connectivity index (χ1v) is 10.1. The number of carbonyl (C=O) groups is 1. The van der Waals surface area contributed by atoms with Crippen LogP contribution in [0.25, 0.3) is 22.6 Å². The lowest BCUT2D eigenvalue weighted by atomic mass is 10.1. The Morgan fingerprint density at radius 3 is 2.63 bits per heavy atom. The fraction of sp³-hybridized carbons (Fsp3) is 0.136. The fourth-order valence-electron chi connectivity index (χ4n) is 3.06. The molecule has 4 aromatic rings. The van der Waals surface area contributed by atoms with Crippen LogP contribution in [0.5, 0.6) is 0 Å². The van der Waals surface area contributed by atoms with Crippen molar-refractivity contribution in [3.05, 3.63) is 82.4 Å². The van der Waals surface area contributed by atoms with Gasteiger partial charge in [-0.3, -0.25) is 14.9 Å². The number of amides is 1. The van der Waals surface area contributed by atoms with E-state index >= 15 is 0 Å². The first kappa shape index (κ1) is 20.2. The normalized spacial score (nSPS) is 12.0. The van der Waals surface area contributed by atoms with Crippen LogP contribution in [-0.4, -0.2) is 27.1 Å². The van der Waals surface area contributed by atoms with Gasteiger partial charge in [0.25, 0.3) is 5.91 Å². The summed E-state index contributed by atoms with van der Waals surface area (Å²) in [5, 5.41) is 10.9. The Hall–Kier alpha value is -3.09. The van der Waals surface area contributed by atoms with Gasteiger partial charge in [-0.2, -0.15) is 5.10 Å². The third-order valence-corrected chi connectivity index (χ3v) is 5.29. The molecule has 0 saturated heterocycles. The average Bonchev–Trinajstić information content (AvgIpc) is 3.41. The third-order valence-electron chi connectivity index (χ3n) is 4.55. The second-order valence-electron chi connectivity index (χ2n) is 6.88. The smallest absolute Gasteiger partial charge is 0.269 e. The minimum absolute atomic E-state index is 0.141. The molecular weight excluding hydrogens is 423 g/mol. The van der Waals surface area contributed by atoms with Gasteiger partial charge >= 0.3 is 0 Å². The molecule has 1 aromatic carbocycles. The van der Waals surface area contributed by atoms with Crippen LogP contribution in [0.1, 0.15) is 23.2 Å². The SMILES string of the molecule is C[C@@H](Cc1ccc(-c2ccc(Cl)c(Cl)c2)o1)NC(=O)c1cc(-c2ccncc2)n[nH]1. The number of halogens is 2. The highest BCUT2D eigenvalue weighted by Gasteiger charge is 2.16. The van der Waals surface area contributed by atoms with Gasteiger partial charge < -0.3 is 9.73 Å². The second-order valence-corrected chi connectivity index (χ2v) is 7.69. The molecule has 0 saturated carbocycles. The number of aromatic nitrogens is 3. The number of pyridine rings is 1. The monoisotopic (exact) mass is 440 g/mol. The minimum Gasteiger partial charge on any atom is -0.461 e. The van der Waals surface area contributed by atoms with Crippen LogP contribution in [-0.2, 0) is 6.42 Å². The number of nitrogens with zero attached hydrogens (tertiary/aromatic N) is 2. The number of hydrogen-bond donors (Lipinski definition) is 2. The zero-order valence-corrected chi connectivity index (χ0v) is 17.5. The highest BCUT2D eigenvalue weighted by atomic mass is 35.5. The largest absolute Gasteiger partial charge is 0.461 e. The summed E-state index contributed by atoms with van der Waals surface area (Å²) < 4.78 is 5.91. The van der Waals surface area contributed by atoms with Crippen LogP contribution in [0, 0.1) is 0 Å². The Labute approximate surface area is 183 Å². The van der Waals surface area contributed by atoms with Gasteiger partial charge in [-0.25, -0.2) is 0 Å². The quantitative estimate of drug-likeness (QED) is 0.420. The molecule has 152 valence electrons. The summed E-state index contributed by atoms with van der Waals surface area (Å²) in [7, 11) is 0. The summed E-state index contributed by atoms with van der Waals surface area (Å²) in [6.45, 7) is 1.92. The average molecular weight is 441 g/mol. The van der Waals surface area contributed by atoms with Crippen molar-refractivity contribution in [1.29, 1.82) is 0 Å². The van der Waals surface area contributed by atoms with E-state index in [4.69, 9.17) is 27.6 Å². The maximum absolute atomic E-state index is 12.5. The molecular formula is C22H18Cl2N4O2. The van der Waals surface area contributed by atoms with Crippen molar-refractivity contribution in [3.8, 4) is 22.6 Å². The summed E-state index contributed by atoms with van der Waals surface area (Å²) in [5.74, 6) is 1.22. The first-order valence-electron chi connectivity index (χ1n) is 9.30. The maximum atomic E-state index is 12.5. The Morgan fingerprint density at radius 2 is 1.87 bits per heavy atom. The summed E-state index contributed by atoms with van der Waals surface area (Å²) in [4.78, 5) is 16.5. The second kappa shape index (κ2) is 8.73. The number of carbonyl (C=O) groups excluding carboxylic acids is 1. The van der Waals surface area contributed by atoms with Gasteiger partial charge in [-0.1, -0.05) is 23.2 Å². The van der Waals surface area contributed by atoms with Crippen molar-refractivity contribution >= 4 is 29.1 Å². The molecule has 2 N–H and O–H groups in total. The van der Waals surface area contributed by atoms with Gasteiger partial charge in [0.05, 0.1) is 15.7 Å². The number of nitrogens with one attached hydrogen (secondary N) is 2. The van der Waals surface area contributed by atoms with Crippen LogP contribution in [0.2, 0.25) is 10.0 Å². The molecule has 0 aliphatic carbocycles. The van der Waals surface area contributed by atoms with E-state index in [1.165, 1.54) is 0 Å². The molecule has 0 bridgehead atoms. The van der Waals surface area contributed by atoms with E-state index in [1.54, 1.807) is 30.6 Å². The van der Waals surface area contributed by atoms with Gasteiger partial charge in [0, 0.05) is 36.0 Å². The molecule has 4 rings (SSSR count). The standard InChI is InChI=1S/C22H18Cl2N4O2/c1-13(10-16-3-5-21(30-16)15-2-4-17(23)18(24)11-15)26-22(29)20-12-19(27-28-20)14-6-8-25-9-7-14/h2-9,11-13H,10H2,1H3,(H,26,29)(H,27,28)/t13-/m0/s1. The molecule has 0 unspecified atom stereocenters. The highest BCUT2D eigenvalue weighted by Crippen LogP contribution is 2.29. The van der Waals surface area contributed by atoms with Gasteiger partial charge in [0.15, 0.2) is 0 Å². The number of benzene rings is 1. The molecule has 6 nitrogen and oxygen atoms in total. The van der Waals surface area contributed by atoms with Crippen molar-refractivity contribution in [2.24, 2.45) is 0 Å². The van der Waals surface area contributed by atoms with Crippen molar-refractivity contribution < 1.29 is 9.21 Å². The summed E-state index contributed by atoms with van der Waals surface area (Å²) in [6.07, 6.45) is 3.90. The molecule has 1 atom stereocenters. The van der Waals surface area contributed by atoms with Gasteiger partial charge in [-0.05, 0) is 55.5 Å².